The number of nitriles is 1. The predicted molar refractivity (Wildman–Crippen MR) is 150 cm³/mol. The summed E-state index contributed by atoms with van der Waals surface area (Å²) in [6.07, 6.45) is 0. The lowest BCUT2D eigenvalue weighted by Gasteiger charge is -2.14. The normalized spacial score (nSPS) is 10.2. The second-order valence-electron chi connectivity index (χ2n) is 8.17. The highest BCUT2D eigenvalue weighted by atomic mass is 32.2. The summed E-state index contributed by atoms with van der Waals surface area (Å²) in [6, 6.07) is 19.1. The van der Waals surface area contributed by atoms with E-state index in [0.717, 1.165) is 5.56 Å². The van der Waals surface area contributed by atoms with E-state index in [1.54, 1.807) is 48.5 Å². The van der Waals surface area contributed by atoms with Crippen molar-refractivity contribution in [2.24, 2.45) is 5.11 Å². The van der Waals surface area contributed by atoms with E-state index in [2.05, 4.69) is 20.0 Å². The number of aromatic nitrogens is 2. The predicted octanol–water partition coefficient (Wildman–Crippen LogP) is 6.01. The fraction of sp³-hybridized carbons (Fsp3) is 0.143. The number of methoxy groups -OCH3 is 3. The van der Waals surface area contributed by atoms with Crippen LogP contribution in [0.4, 0.5) is 5.69 Å². The molecule has 0 radical (unpaired) electrons. The van der Waals surface area contributed by atoms with Crippen LogP contribution in [0.3, 0.4) is 0 Å². The van der Waals surface area contributed by atoms with E-state index in [1.807, 2.05) is 18.2 Å². The number of ether oxygens (including phenoxy) is 3. The number of carbonyl (C=O) groups is 1. The monoisotopic (exact) mass is 554 g/mol. The SMILES string of the molecule is COC(=O)c1cc(OC)c(OC)cc1-c1ccc(-c2nc(SCc3ccc(N=[N+]=[N-])cc3)[nH]c(=O)c2C#N)cc1. The molecule has 4 aromatic rings. The minimum Gasteiger partial charge on any atom is -0.493 e. The number of hydrogen-bond donors (Lipinski definition) is 1. The molecule has 1 aromatic heterocycles. The van der Waals surface area contributed by atoms with Crippen LogP contribution in [0.5, 0.6) is 11.5 Å². The summed E-state index contributed by atoms with van der Waals surface area (Å²) in [5.74, 6) is 0.758. The molecular weight excluding hydrogens is 532 g/mol. The maximum atomic E-state index is 12.7. The number of nitrogens with one attached hydrogen (secondary N) is 1. The van der Waals surface area contributed by atoms with Gasteiger partial charge < -0.3 is 19.2 Å². The van der Waals surface area contributed by atoms with Crippen LogP contribution in [-0.4, -0.2) is 37.3 Å². The topological polar surface area (TPSA) is 163 Å². The first-order valence-electron chi connectivity index (χ1n) is 11.7. The molecule has 40 heavy (non-hydrogen) atoms. The smallest absolute Gasteiger partial charge is 0.338 e. The Bertz CT molecular complexity index is 1710. The molecule has 0 aliphatic heterocycles. The van der Waals surface area contributed by atoms with Crippen LogP contribution < -0.4 is 15.0 Å². The van der Waals surface area contributed by atoms with Crippen molar-refractivity contribution in [1.29, 1.82) is 5.26 Å². The van der Waals surface area contributed by atoms with Crippen molar-refractivity contribution in [3.05, 3.63) is 98.2 Å². The van der Waals surface area contributed by atoms with Gasteiger partial charge >= 0.3 is 5.97 Å². The van der Waals surface area contributed by atoms with Gasteiger partial charge in [-0.15, -0.1) is 0 Å². The summed E-state index contributed by atoms with van der Waals surface area (Å²) in [6.45, 7) is 0. The van der Waals surface area contributed by atoms with Gasteiger partial charge in [0, 0.05) is 27.5 Å². The summed E-state index contributed by atoms with van der Waals surface area (Å²) in [5.41, 5.74) is 11.6. The molecule has 0 aliphatic rings. The van der Waals surface area contributed by atoms with Crippen molar-refractivity contribution in [3.8, 4) is 40.0 Å². The molecule has 0 atom stereocenters. The van der Waals surface area contributed by atoms with Crippen LogP contribution >= 0.6 is 11.8 Å². The lowest BCUT2D eigenvalue weighted by atomic mass is 9.96. The zero-order chi connectivity index (χ0) is 28.6. The molecular formula is C28H22N6O5S. The van der Waals surface area contributed by atoms with Gasteiger partial charge in [0.05, 0.1) is 32.6 Å². The lowest BCUT2D eigenvalue weighted by Crippen LogP contribution is -2.14. The van der Waals surface area contributed by atoms with Crippen molar-refractivity contribution in [2.75, 3.05) is 21.3 Å². The second-order valence-corrected chi connectivity index (χ2v) is 9.14. The van der Waals surface area contributed by atoms with Gasteiger partial charge in [0.25, 0.3) is 5.56 Å². The molecule has 200 valence electrons. The number of azide groups is 1. The fourth-order valence-corrected chi connectivity index (χ4v) is 4.72. The molecule has 11 nitrogen and oxygen atoms in total. The maximum absolute atomic E-state index is 12.7. The summed E-state index contributed by atoms with van der Waals surface area (Å²) >= 11 is 1.29. The number of carbonyl (C=O) groups excluding carboxylic acids is 1. The second kappa shape index (κ2) is 12.5. The van der Waals surface area contributed by atoms with E-state index < -0.39 is 11.5 Å². The molecule has 0 spiro atoms. The third-order valence-corrected chi connectivity index (χ3v) is 6.82. The molecule has 12 heteroatoms. The van der Waals surface area contributed by atoms with Gasteiger partial charge in [0.2, 0.25) is 0 Å². The lowest BCUT2D eigenvalue weighted by molar-refractivity contribution is 0.0601. The number of rotatable bonds is 9. The van der Waals surface area contributed by atoms with Crippen molar-refractivity contribution in [1.82, 2.24) is 9.97 Å². The Morgan fingerprint density at radius 1 is 1.05 bits per heavy atom. The quantitative estimate of drug-likeness (QED) is 0.0656. The summed E-state index contributed by atoms with van der Waals surface area (Å²) < 4.78 is 15.7. The third kappa shape index (κ3) is 5.91. The van der Waals surface area contributed by atoms with E-state index in [1.165, 1.54) is 33.1 Å². The molecule has 0 unspecified atom stereocenters. The highest BCUT2D eigenvalue weighted by Gasteiger charge is 2.20. The van der Waals surface area contributed by atoms with E-state index in [9.17, 15) is 14.9 Å². The van der Waals surface area contributed by atoms with Crippen LogP contribution in [0.1, 0.15) is 21.5 Å². The largest absolute Gasteiger partial charge is 0.493 e. The minimum absolute atomic E-state index is 0.114. The molecule has 1 heterocycles. The number of thioether (sulfide) groups is 1. The number of hydrogen-bond acceptors (Lipinski definition) is 9. The Hall–Kier alpha value is -5.24. The van der Waals surface area contributed by atoms with Gasteiger partial charge in [-0.25, -0.2) is 9.78 Å². The zero-order valence-corrected chi connectivity index (χ0v) is 22.5. The van der Waals surface area contributed by atoms with Gasteiger partial charge in [0.15, 0.2) is 16.7 Å². The van der Waals surface area contributed by atoms with Crippen LogP contribution in [0.15, 0.2) is 75.7 Å². The molecule has 3 aromatic carbocycles. The Balaban J connectivity index is 1.68. The molecule has 4 rings (SSSR count). The van der Waals surface area contributed by atoms with Crippen molar-refractivity contribution >= 4 is 23.4 Å². The molecule has 0 fully saturated rings. The number of nitrogens with zero attached hydrogens (tertiary/aromatic N) is 5. The van der Waals surface area contributed by atoms with Gasteiger partial charge in [-0.2, -0.15) is 5.26 Å². The molecule has 0 bridgehead atoms. The van der Waals surface area contributed by atoms with Crippen LogP contribution in [0.25, 0.3) is 32.8 Å². The van der Waals surface area contributed by atoms with Crippen molar-refractivity contribution in [2.45, 2.75) is 10.9 Å². The van der Waals surface area contributed by atoms with E-state index >= 15 is 0 Å². The average molecular weight is 555 g/mol. The number of benzene rings is 3. The Labute approximate surface area is 233 Å². The van der Waals surface area contributed by atoms with Gasteiger partial charge in [-0.1, -0.05) is 65.4 Å². The van der Waals surface area contributed by atoms with Crippen molar-refractivity contribution in [3.63, 3.8) is 0 Å². The van der Waals surface area contributed by atoms with E-state index in [0.29, 0.717) is 44.8 Å². The summed E-state index contributed by atoms with van der Waals surface area (Å²) in [5, 5.41) is 13.6. The molecule has 0 aliphatic carbocycles. The maximum Gasteiger partial charge on any atom is 0.338 e. The minimum atomic E-state index is -0.550. The third-order valence-electron chi connectivity index (χ3n) is 5.88. The van der Waals surface area contributed by atoms with Crippen LogP contribution in [0, 0.1) is 11.3 Å². The van der Waals surface area contributed by atoms with E-state index in [4.69, 9.17) is 19.7 Å². The van der Waals surface area contributed by atoms with Gasteiger partial charge in [-0.05, 0) is 28.8 Å². The first-order valence-corrected chi connectivity index (χ1v) is 12.7. The van der Waals surface area contributed by atoms with Crippen LogP contribution in [-0.2, 0) is 10.5 Å². The average Bonchev–Trinajstić information content (AvgIpc) is 2.99. The number of aromatic amines is 1. The Morgan fingerprint density at radius 2 is 1.70 bits per heavy atom. The van der Waals surface area contributed by atoms with Gasteiger partial charge in [-0.3, -0.25) is 4.79 Å². The molecule has 0 amide bonds. The highest BCUT2D eigenvalue weighted by molar-refractivity contribution is 7.98. The molecule has 1 N–H and O–H groups in total. The summed E-state index contributed by atoms with van der Waals surface area (Å²) in [4.78, 5) is 35.2. The van der Waals surface area contributed by atoms with Crippen molar-refractivity contribution < 1.29 is 19.0 Å². The van der Waals surface area contributed by atoms with Crippen LogP contribution in [0.2, 0.25) is 0 Å². The highest BCUT2D eigenvalue weighted by Crippen LogP contribution is 2.37. The van der Waals surface area contributed by atoms with Gasteiger partial charge in [0.1, 0.15) is 11.6 Å². The first kappa shape index (κ1) is 27.8. The van der Waals surface area contributed by atoms with E-state index in [-0.39, 0.29) is 16.8 Å². The molecule has 0 saturated carbocycles. The molecule has 0 saturated heterocycles. The number of H-pyrrole nitrogens is 1. The standard InChI is InChI=1S/C28H22N6O5S/c1-37-23-12-20(21(27(36)39-3)13-24(23)38-2)17-6-8-18(9-7-17)25-22(14-29)26(35)32-28(31-25)40-15-16-4-10-19(11-5-16)33-34-30/h4-13H,15H2,1-3H3,(H,31,32,35). The number of esters is 1. The Kier molecular flexibility index (Phi) is 8.71. The fourth-order valence-electron chi connectivity index (χ4n) is 3.90. The zero-order valence-electron chi connectivity index (χ0n) is 21.7. The summed E-state index contributed by atoms with van der Waals surface area (Å²) in [7, 11) is 4.27. The first-order chi connectivity index (χ1) is 19.4. The Morgan fingerprint density at radius 3 is 2.30 bits per heavy atom.